The van der Waals surface area contributed by atoms with Crippen molar-refractivity contribution in [1.29, 1.82) is 0 Å². The number of fused-ring (bicyclic) bond motifs is 1. The van der Waals surface area contributed by atoms with E-state index in [1.54, 1.807) is 11.3 Å². The average Bonchev–Trinajstić information content (AvgIpc) is 2.85. The van der Waals surface area contributed by atoms with Gasteiger partial charge >= 0.3 is 0 Å². The van der Waals surface area contributed by atoms with E-state index in [4.69, 9.17) is 5.73 Å². The van der Waals surface area contributed by atoms with Gasteiger partial charge < -0.3 is 5.73 Å². The summed E-state index contributed by atoms with van der Waals surface area (Å²) < 4.78 is 1.87. The summed E-state index contributed by atoms with van der Waals surface area (Å²) in [4.78, 5) is 1.98. The van der Waals surface area contributed by atoms with E-state index in [0.717, 1.165) is 20.7 Å². The van der Waals surface area contributed by atoms with Crippen LogP contribution in [0.15, 0.2) is 17.5 Å². The highest BCUT2D eigenvalue weighted by Crippen LogP contribution is 2.39. The highest BCUT2D eigenvalue weighted by atomic mass is 32.1. The van der Waals surface area contributed by atoms with Crippen molar-refractivity contribution in [2.24, 2.45) is 5.73 Å². The molecule has 1 unspecified atom stereocenters. The predicted octanol–water partition coefficient (Wildman–Crippen LogP) is 2.17. The number of thiophene rings is 1. The fourth-order valence-corrected chi connectivity index (χ4v) is 3.63. The molecule has 18 heavy (non-hydrogen) atoms. The summed E-state index contributed by atoms with van der Waals surface area (Å²) in [5.74, 6) is 1.54. The third kappa shape index (κ3) is 1.58. The highest BCUT2D eigenvalue weighted by Gasteiger charge is 2.30. The number of hydrogen-bond acceptors (Lipinski definition) is 6. The summed E-state index contributed by atoms with van der Waals surface area (Å²) in [6.07, 6.45) is 2.40. The van der Waals surface area contributed by atoms with Gasteiger partial charge in [-0.15, -0.1) is 21.5 Å². The molecule has 0 spiro atoms. The normalized spacial score (nSPS) is 17.4. The standard InChI is InChI=1S/C11H11N5S2/c12-8(7-2-1-5-17-7)10-15-16-9(6-3-4-6)13-14-11(16)18-10/h1-2,5-6,8H,3-4,12H2. The Labute approximate surface area is 111 Å². The maximum Gasteiger partial charge on any atom is 0.234 e. The second-order valence-corrected chi connectivity index (χ2v) is 6.43. The van der Waals surface area contributed by atoms with E-state index in [0.29, 0.717) is 5.92 Å². The third-order valence-corrected chi connectivity index (χ3v) is 5.03. The molecule has 1 fully saturated rings. The SMILES string of the molecule is NC(c1cccs1)c1nn2c(C3CC3)nnc2s1. The van der Waals surface area contributed by atoms with Gasteiger partial charge in [0.05, 0.1) is 6.04 Å². The van der Waals surface area contributed by atoms with E-state index >= 15 is 0 Å². The second-order valence-electron chi connectivity index (χ2n) is 4.46. The minimum absolute atomic E-state index is 0.149. The summed E-state index contributed by atoms with van der Waals surface area (Å²) >= 11 is 3.19. The zero-order valence-electron chi connectivity index (χ0n) is 9.48. The van der Waals surface area contributed by atoms with Crippen molar-refractivity contribution in [3.8, 4) is 0 Å². The van der Waals surface area contributed by atoms with E-state index in [9.17, 15) is 0 Å². The third-order valence-electron chi connectivity index (χ3n) is 3.09. The van der Waals surface area contributed by atoms with Gasteiger partial charge in [-0.2, -0.15) is 9.61 Å². The number of rotatable bonds is 3. The van der Waals surface area contributed by atoms with Crippen LogP contribution in [0.1, 0.15) is 40.5 Å². The molecule has 0 amide bonds. The Morgan fingerprint density at radius 3 is 3.00 bits per heavy atom. The van der Waals surface area contributed by atoms with Crippen LogP contribution in [0.2, 0.25) is 0 Å². The number of hydrogen-bond donors (Lipinski definition) is 1. The molecule has 7 heteroatoms. The molecule has 0 bridgehead atoms. The van der Waals surface area contributed by atoms with Crippen LogP contribution in [0, 0.1) is 0 Å². The first kappa shape index (κ1) is 10.6. The van der Waals surface area contributed by atoms with Crippen molar-refractivity contribution in [2.45, 2.75) is 24.8 Å². The van der Waals surface area contributed by atoms with Crippen LogP contribution in [0.25, 0.3) is 4.96 Å². The second kappa shape index (κ2) is 3.84. The van der Waals surface area contributed by atoms with Crippen LogP contribution < -0.4 is 5.73 Å². The Bertz CT molecular complexity index is 679. The first-order valence-electron chi connectivity index (χ1n) is 5.84. The minimum atomic E-state index is -0.149. The fourth-order valence-electron chi connectivity index (χ4n) is 1.96. The molecule has 5 nitrogen and oxygen atoms in total. The van der Waals surface area contributed by atoms with E-state index in [1.165, 1.54) is 24.2 Å². The lowest BCUT2D eigenvalue weighted by atomic mass is 10.3. The first-order chi connectivity index (χ1) is 8.83. The Hall–Kier alpha value is -1.31. The number of nitrogens with two attached hydrogens (primary N) is 1. The van der Waals surface area contributed by atoms with Crippen LogP contribution in [-0.2, 0) is 0 Å². The van der Waals surface area contributed by atoms with Gasteiger partial charge in [0.2, 0.25) is 4.96 Å². The quantitative estimate of drug-likeness (QED) is 0.796. The van der Waals surface area contributed by atoms with Gasteiger partial charge in [-0.25, -0.2) is 0 Å². The van der Waals surface area contributed by atoms with E-state index in [2.05, 4.69) is 15.3 Å². The average molecular weight is 277 g/mol. The van der Waals surface area contributed by atoms with Crippen molar-refractivity contribution in [2.75, 3.05) is 0 Å². The van der Waals surface area contributed by atoms with Crippen molar-refractivity contribution in [1.82, 2.24) is 19.8 Å². The maximum atomic E-state index is 6.22. The lowest BCUT2D eigenvalue weighted by molar-refractivity contribution is 0.773. The molecule has 0 aliphatic heterocycles. The molecule has 92 valence electrons. The van der Waals surface area contributed by atoms with Crippen LogP contribution in [0.3, 0.4) is 0 Å². The molecule has 2 N–H and O–H groups in total. The molecular formula is C11H11N5S2. The zero-order chi connectivity index (χ0) is 12.1. The number of nitrogens with zero attached hydrogens (tertiary/aromatic N) is 4. The molecule has 1 aliphatic carbocycles. The molecule has 1 atom stereocenters. The first-order valence-corrected chi connectivity index (χ1v) is 7.53. The number of aromatic nitrogens is 4. The molecule has 1 saturated carbocycles. The van der Waals surface area contributed by atoms with Gasteiger partial charge in [-0.3, -0.25) is 0 Å². The van der Waals surface area contributed by atoms with Crippen LogP contribution in [0.4, 0.5) is 0 Å². The molecule has 4 rings (SSSR count). The predicted molar refractivity (Wildman–Crippen MR) is 71.0 cm³/mol. The molecular weight excluding hydrogens is 266 g/mol. The summed E-state index contributed by atoms with van der Waals surface area (Å²) in [6.45, 7) is 0. The Morgan fingerprint density at radius 2 is 2.28 bits per heavy atom. The Kier molecular flexibility index (Phi) is 2.26. The van der Waals surface area contributed by atoms with E-state index < -0.39 is 0 Å². The summed E-state index contributed by atoms with van der Waals surface area (Å²) in [5, 5.41) is 15.9. The van der Waals surface area contributed by atoms with E-state index in [-0.39, 0.29) is 6.04 Å². The highest BCUT2D eigenvalue weighted by molar-refractivity contribution is 7.17. The molecule has 3 heterocycles. The van der Waals surface area contributed by atoms with Crippen molar-refractivity contribution < 1.29 is 0 Å². The van der Waals surface area contributed by atoms with Gasteiger partial charge in [-0.1, -0.05) is 17.4 Å². The topological polar surface area (TPSA) is 69.1 Å². The molecule has 3 aromatic heterocycles. The molecule has 0 saturated heterocycles. The summed E-state index contributed by atoms with van der Waals surface area (Å²) in [5.41, 5.74) is 6.22. The molecule has 0 aromatic carbocycles. The smallest absolute Gasteiger partial charge is 0.234 e. The minimum Gasteiger partial charge on any atom is -0.318 e. The lowest BCUT2D eigenvalue weighted by Gasteiger charge is -2.03. The van der Waals surface area contributed by atoms with Gasteiger partial charge in [0.25, 0.3) is 0 Å². The fraction of sp³-hybridized carbons (Fsp3) is 0.364. The molecule has 1 aliphatic rings. The van der Waals surface area contributed by atoms with Crippen molar-refractivity contribution in [3.05, 3.63) is 33.2 Å². The Morgan fingerprint density at radius 1 is 1.39 bits per heavy atom. The van der Waals surface area contributed by atoms with E-state index in [1.807, 2.05) is 22.0 Å². The largest absolute Gasteiger partial charge is 0.318 e. The molecule has 0 radical (unpaired) electrons. The monoisotopic (exact) mass is 277 g/mol. The summed E-state index contributed by atoms with van der Waals surface area (Å²) in [7, 11) is 0. The molecule has 3 aromatic rings. The summed E-state index contributed by atoms with van der Waals surface area (Å²) in [6, 6.07) is 3.90. The van der Waals surface area contributed by atoms with Crippen LogP contribution in [0.5, 0.6) is 0 Å². The van der Waals surface area contributed by atoms with Gasteiger partial charge in [0.15, 0.2) is 5.82 Å². The van der Waals surface area contributed by atoms with Gasteiger partial charge in [0.1, 0.15) is 5.01 Å². The maximum absolute atomic E-state index is 6.22. The van der Waals surface area contributed by atoms with Gasteiger partial charge in [0, 0.05) is 10.8 Å². The van der Waals surface area contributed by atoms with Crippen LogP contribution in [-0.4, -0.2) is 19.8 Å². The lowest BCUT2D eigenvalue weighted by Crippen LogP contribution is -2.10. The van der Waals surface area contributed by atoms with Crippen molar-refractivity contribution >= 4 is 27.6 Å². The van der Waals surface area contributed by atoms with Crippen LogP contribution >= 0.6 is 22.7 Å². The Balaban J connectivity index is 1.77. The van der Waals surface area contributed by atoms with Gasteiger partial charge in [-0.05, 0) is 24.3 Å². The zero-order valence-corrected chi connectivity index (χ0v) is 11.1. The van der Waals surface area contributed by atoms with Crippen molar-refractivity contribution in [3.63, 3.8) is 0 Å².